The summed E-state index contributed by atoms with van der Waals surface area (Å²) in [7, 11) is -9.28. The SMILES string of the molecule is C/C=C(\C)S(F)(F)(F)(F)F. The van der Waals surface area contributed by atoms with Crippen molar-refractivity contribution in [1.82, 2.24) is 0 Å². The normalized spacial score (nSPS) is 21.7. The second-order valence-electron chi connectivity index (χ2n) is 1.87. The zero-order chi connectivity index (χ0) is 8.69. The van der Waals surface area contributed by atoms with Gasteiger partial charge in [0.25, 0.3) is 0 Å². The highest BCUT2D eigenvalue weighted by molar-refractivity contribution is 8.48. The molecule has 0 nitrogen and oxygen atoms in total. The van der Waals surface area contributed by atoms with E-state index < -0.39 is 15.1 Å². The number of rotatable bonds is 1. The average Bonchev–Trinajstić information content (AvgIpc) is 1.57. The van der Waals surface area contributed by atoms with E-state index in [9.17, 15) is 19.4 Å². The first-order valence-corrected chi connectivity index (χ1v) is 4.29. The van der Waals surface area contributed by atoms with Crippen LogP contribution in [0.15, 0.2) is 11.0 Å². The number of hydrogen-bond donors (Lipinski definition) is 0. The lowest BCUT2D eigenvalue weighted by Gasteiger charge is -2.41. The summed E-state index contributed by atoms with van der Waals surface area (Å²) in [6, 6.07) is 0. The van der Waals surface area contributed by atoms with Crippen molar-refractivity contribution in [2.75, 3.05) is 0 Å². The van der Waals surface area contributed by atoms with Gasteiger partial charge in [-0.2, -0.15) is 0 Å². The predicted octanol–water partition coefficient (Wildman–Crippen LogP) is 4.21. The number of hydrogen-bond acceptors (Lipinski definition) is 0. The minimum Gasteiger partial charge on any atom is -0.0939 e. The van der Waals surface area contributed by atoms with Gasteiger partial charge in [0.2, 0.25) is 0 Å². The Bertz CT molecular complexity index is 171. The van der Waals surface area contributed by atoms with Crippen LogP contribution in [0.2, 0.25) is 0 Å². The van der Waals surface area contributed by atoms with Gasteiger partial charge in [-0.25, -0.2) is 0 Å². The Labute approximate surface area is 55.4 Å². The molecular formula is C4H7F5S. The van der Waals surface area contributed by atoms with E-state index >= 15 is 0 Å². The fraction of sp³-hybridized carbons (Fsp3) is 0.500. The van der Waals surface area contributed by atoms with Crippen LogP contribution >= 0.6 is 10.2 Å². The molecule has 0 atom stereocenters. The van der Waals surface area contributed by atoms with E-state index in [0.29, 0.717) is 13.0 Å². The molecule has 0 aromatic carbocycles. The van der Waals surface area contributed by atoms with Crippen molar-refractivity contribution in [3.8, 4) is 0 Å². The summed E-state index contributed by atoms with van der Waals surface area (Å²) in [6.07, 6.45) is 0.363. The molecule has 0 aliphatic heterocycles. The van der Waals surface area contributed by atoms with Crippen LogP contribution in [0.1, 0.15) is 13.8 Å². The van der Waals surface area contributed by atoms with Crippen molar-refractivity contribution < 1.29 is 19.4 Å². The summed E-state index contributed by atoms with van der Waals surface area (Å²) in [6.45, 7) is 1.29. The van der Waals surface area contributed by atoms with Gasteiger partial charge < -0.3 is 0 Å². The molecule has 0 aromatic rings. The van der Waals surface area contributed by atoms with Crippen LogP contribution in [-0.4, -0.2) is 0 Å². The lowest BCUT2D eigenvalue weighted by molar-refractivity contribution is 0.378. The molecule has 0 saturated heterocycles. The standard InChI is InChI=1S/C4H7F5S/c1-3-4(2)10(5,6,7,8)9/h3H,1-2H3/b4-3+. The van der Waals surface area contributed by atoms with Gasteiger partial charge in [0.05, 0.1) is 4.91 Å². The predicted molar refractivity (Wildman–Crippen MR) is 32.6 cm³/mol. The summed E-state index contributed by atoms with van der Waals surface area (Å²) in [5.41, 5.74) is 0. The molecular weight excluding hydrogens is 175 g/mol. The van der Waals surface area contributed by atoms with Gasteiger partial charge in [-0.1, -0.05) is 25.5 Å². The molecule has 0 N–H and O–H groups in total. The minimum absolute atomic E-state index is 0.363. The molecule has 10 heavy (non-hydrogen) atoms. The highest BCUT2D eigenvalue weighted by Crippen LogP contribution is 3.01. The van der Waals surface area contributed by atoms with Crippen molar-refractivity contribution in [1.29, 1.82) is 0 Å². The molecule has 0 unspecified atom stereocenters. The third-order valence-electron chi connectivity index (χ3n) is 1.02. The maximum Gasteiger partial charge on any atom is 0.306 e. The summed E-state index contributed by atoms with van der Waals surface area (Å²) < 4.78 is 57.7. The van der Waals surface area contributed by atoms with Crippen molar-refractivity contribution in [2.24, 2.45) is 0 Å². The monoisotopic (exact) mass is 182 g/mol. The number of allylic oxidation sites excluding steroid dienone is 2. The van der Waals surface area contributed by atoms with Gasteiger partial charge in [-0.05, 0) is 13.8 Å². The molecule has 0 heterocycles. The lowest BCUT2D eigenvalue weighted by Crippen LogP contribution is -2.05. The van der Waals surface area contributed by atoms with Crippen LogP contribution in [0.25, 0.3) is 0 Å². The fourth-order valence-corrected chi connectivity index (χ4v) is 0.668. The topological polar surface area (TPSA) is 0 Å². The molecule has 0 bridgehead atoms. The van der Waals surface area contributed by atoms with Gasteiger partial charge in [0.1, 0.15) is 0 Å². The van der Waals surface area contributed by atoms with Crippen LogP contribution in [-0.2, 0) is 0 Å². The summed E-state index contributed by atoms with van der Waals surface area (Å²) in [5.74, 6) is 0. The van der Waals surface area contributed by atoms with Crippen molar-refractivity contribution in [3.05, 3.63) is 11.0 Å². The summed E-state index contributed by atoms with van der Waals surface area (Å²) >= 11 is 0. The maximum atomic E-state index is 11.5. The van der Waals surface area contributed by atoms with E-state index in [4.69, 9.17) is 0 Å². The van der Waals surface area contributed by atoms with Crippen molar-refractivity contribution in [2.45, 2.75) is 13.8 Å². The fourth-order valence-electron chi connectivity index (χ4n) is 0.223. The Morgan fingerprint density at radius 3 is 1.40 bits per heavy atom. The van der Waals surface area contributed by atoms with Crippen LogP contribution in [0.5, 0.6) is 0 Å². The van der Waals surface area contributed by atoms with E-state index in [-0.39, 0.29) is 0 Å². The van der Waals surface area contributed by atoms with Crippen LogP contribution < -0.4 is 0 Å². The quantitative estimate of drug-likeness (QED) is 0.533. The molecule has 0 amide bonds. The molecule has 0 aliphatic carbocycles. The van der Waals surface area contributed by atoms with E-state index in [1.54, 1.807) is 0 Å². The van der Waals surface area contributed by atoms with Gasteiger partial charge in [0, 0.05) is 0 Å². The van der Waals surface area contributed by atoms with Gasteiger partial charge in [0.15, 0.2) is 0 Å². The molecule has 0 aromatic heterocycles. The molecule has 0 rings (SSSR count). The molecule has 0 saturated carbocycles. The van der Waals surface area contributed by atoms with E-state index in [1.807, 2.05) is 0 Å². The summed E-state index contributed by atoms with van der Waals surface area (Å²) in [4.78, 5) is -1.79. The first kappa shape index (κ1) is 9.74. The molecule has 0 aliphatic rings. The zero-order valence-electron chi connectivity index (χ0n) is 5.38. The Morgan fingerprint density at radius 1 is 1.10 bits per heavy atom. The minimum atomic E-state index is -9.28. The maximum absolute atomic E-state index is 11.5. The Hall–Kier alpha value is -0.260. The van der Waals surface area contributed by atoms with Gasteiger partial charge >= 0.3 is 10.2 Å². The van der Waals surface area contributed by atoms with Gasteiger partial charge in [-0.3, -0.25) is 0 Å². The molecule has 6 heteroatoms. The smallest absolute Gasteiger partial charge is 0.0939 e. The Morgan fingerprint density at radius 2 is 1.40 bits per heavy atom. The van der Waals surface area contributed by atoms with Gasteiger partial charge in [-0.15, -0.1) is 0 Å². The molecule has 0 fully saturated rings. The second-order valence-corrected chi connectivity index (χ2v) is 4.45. The molecule has 0 spiro atoms. The van der Waals surface area contributed by atoms with Crippen molar-refractivity contribution >= 4 is 10.2 Å². The second kappa shape index (κ2) is 1.49. The average molecular weight is 182 g/mol. The first-order valence-electron chi connectivity index (χ1n) is 2.34. The lowest BCUT2D eigenvalue weighted by atomic mass is 10.6. The van der Waals surface area contributed by atoms with Crippen LogP contribution in [0.4, 0.5) is 19.4 Å². The largest absolute Gasteiger partial charge is 0.306 e. The third-order valence-corrected chi connectivity index (χ3v) is 2.47. The highest BCUT2D eigenvalue weighted by Gasteiger charge is 2.64. The third kappa shape index (κ3) is 2.55. The van der Waals surface area contributed by atoms with E-state index in [2.05, 4.69) is 0 Å². The number of halogens is 5. The van der Waals surface area contributed by atoms with Crippen LogP contribution in [0.3, 0.4) is 0 Å². The molecule has 0 radical (unpaired) electrons. The van der Waals surface area contributed by atoms with Crippen LogP contribution in [0, 0.1) is 0 Å². The zero-order valence-corrected chi connectivity index (χ0v) is 6.19. The first-order chi connectivity index (χ1) is 3.97. The highest BCUT2D eigenvalue weighted by atomic mass is 32.5. The van der Waals surface area contributed by atoms with E-state index in [0.717, 1.165) is 6.92 Å². The Kier molecular flexibility index (Phi) is 1.45. The van der Waals surface area contributed by atoms with Crippen molar-refractivity contribution in [3.63, 3.8) is 0 Å². The Balaban J connectivity index is 5.13. The summed E-state index contributed by atoms with van der Waals surface area (Å²) in [5, 5.41) is 0. The van der Waals surface area contributed by atoms with E-state index in [1.165, 1.54) is 0 Å². The molecule has 64 valence electrons.